The molecule has 8 heteroatoms. The summed E-state index contributed by atoms with van der Waals surface area (Å²) in [7, 11) is 0. The number of rotatable bonds is 13. The summed E-state index contributed by atoms with van der Waals surface area (Å²) < 4.78 is 16.8. The van der Waals surface area contributed by atoms with Gasteiger partial charge in [0, 0.05) is 19.6 Å². The Labute approximate surface area is 185 Å². The fourth-order valence-electron chi connectivity index (χ4n) is 3.31. The molecule has 1 N–H and O–H groups in total. The monoisotopic (exact) mass is 435 g/mol. The van der Waals surface area contributed by atoms with Crippen molar-refractivity contribution < 1.29 is 23.8 Å². The van der Waals surface area contributed by atoms with E-state index < -0.39 is 5.97 Å². The second-order valence-corrected chi connectivity index (χ2v) is 7.48. The summed E-state index contributed by atoms with van der Waals surface area (Å²) in [6.45, 7) is 12.5. The van der Waals surface area contributed by atoms with Gasteiger partial charge in [-0.25, -0.2) is 4.79 Å². The molecule has 1 aliphatic rings. The Morgan fingerprint density at radius 2 is 1.87 bits per heavy atom. The number of hydrogen-bond donors (Lipinski definition) is 1. The number of nitrogens with zero attached hydrogens (tertiary/aromatic N) is 2. The predicted molar refractivity (Wildman–Crippen MR) is 121 cm³/mol. The third-order valence-electron chi connectivity index (χ3n) is 5.26. The molecule has 0 radical (unpaired) electrons. The molecule has 174 valence electrons. The molecule has 1 aromatic carbocycles. The van der Waals surface area contributed by atoms with Crippen LogP contribution >= 0.6 is 0 Å². The van der Waals surface area contributed by atoms with E-state index in [1.807, 2.05) is 4.90 Å². The lowest BCUT2D eigenvalue weighted by atomic mass is 10.1. The number of likely N-dealkylation sites (N-methyl/N-ethyl adjacent to an activating group) is 1. The molecule has 2 rings (SSSR count). The summed E-state index contributed by atoms with van der Waals surface area (Å²) in [5, 5.41) is 2.91. The Morgan fingerprint density at radius 3 is 2.55 bits per heavy atom. The van der Waals surface area contributed by atoms with Gasteiger partial charge in [-0.05, 0) is 31.6 Å². The van der Waals surface area contributed by atoms with Crippen LogP contribution in [0.3, 0.4) is 0 Å². The minimum Gasteiger partial charge on any atom is -0.490 e. The number of benzene rings is 1. The Kier molecular flexibility index (Phi) is 11.3. The number of hydrogen-bond acceptors (Lipinski definition) is 7. The number of unbranched alkanes of at least 4 members (excludes halogenated alkanes) is 1. The number of carbonyl (C=O) groups excluding carboxylic acids is 2. The zero-order chi connectivity index (χ0) is 22.5. The van der Waals surface area contributed by atoms with E-state index in [0.717, 1.165) is 39.0 Å². The summed E-state index contributed by atoms with van der Waals surface area (Å²) in [5.41, 5.74) is 0.826. The first kappa shape index (κ1) is 25.1. The molecule has 1 amide bonds. The molecule has 1 saturated heterocycles. The second kappa shape index (κ2) is 14.0. The number of morpholine rings is 1. The van der Waals surface area contributed by atoms with Crippen LogP contribution in [0.2, 0.25) is 0 Å². The summed E-state index contributed by atoms with van der Waals surface area (Å²) in [6.07, 6.45) is 1.82. The maximum atomic E-state index is 12.8. The lowest BCUT2D eigenvalue weighted by molar-refractivity contribution is -0.118. The van der Waals surface area contributed by atoms with E-state index in [2.05, 4.69) is 31.0 Å². The average Bonchev–Trinajstić information content (AvgIpc) is 2.78. The molecule has 1 heterocycles. The van der Waals surface area contributed by atoms with Crippen molar-refractivity contribution in [2.45, 2.75) is 33.6 Å². The van der Waals surface area contributed by atoms with E-state index in [-0.39, 0.29) is 12.5 Å². The van der Waals surface area contributed by atoms with Gasteiger partial charge in [-0.1, -0.05) is 33.3 Å². The van der Waals surface area contributed by atoms with E-state index >= 15 is 0 Å². The Hall–Kier alpha value is -2.16. The second-order valence-electron chi connectivity index (χ2n) is 7.48. The van der Waals surface area contributed by atoms with Crippen LogP contribution < -0.4 is 10.1 Å². The molecule has 0 spiro atoms. The molecule has 1 aliphatic heterocycles. The quantitative estimate of drug-likeness (QED) is 0.377. The van der Waals surface area contributed by atoms with Gasteiger partial charge in [-0.2, -0.15) is 0 Å². The van der Waals surface area contributed by atoms with Gasteiger partial charge in [0.05, 0.1) is 32.1 Å². The maximum absolute atomic E-state index is 12.8. The van der Waals surface area contributed by atoms with Gasteiger partial charge in [0.25, 0.3) is 0 Å². The number of esters is 1. The Balaban J connectivity index is 2.07. The average molecular weight is 436 g/mol. The Bertz CT molecular complexity index is 688. The number of anilines is 1. The third-order valence-corrected chi connectivity index (χ3v) is 5.26. The van der Waals surface area contributed by atoms with Gasteiger partial charge in [0.2, 0.25) is 5.91 Å². The molecule has 0 atom stereocenters. The van der Waals surface area contributed by atoms with Crippen LogP contribution in [0.5, 0.6) is 5.75 Å². The lowest BCUT2D eigenvalue weighted by Gasteiger charge is -2.26. The fourth-order valence-corrected chi connectivity index (χ4v) is 3.31. The SMILES string of the molecule is CCCCOc1c(NC(=O)CN2CCOCC2)cccc1C(=O)OCCN(CC)CC. The normalized spacial score (nSPS) is 14.5. The smallest absolute Gasteiger partial charge is 0.342 e. The summed E-state index contributed by atoms with van der Waals surface area (Å²) in [5.74, 6) is -0.212. The predicted octanol–water partition coefficient (Wildman–Crippen LogP) is 2.63. The van der Waals surface area contributed by atoms with Crippen LogP contribution in [0.25, 0.3) is 0 Å². The van der Waals surface area contributed by atoms with Crippen molar-refractivity contribution in [3.05, 3.63) is 23.8 Å². The van der Waals surface area contributed by atoms with Gasteiger partial charge in [-0.15, -0.1) is 0 Å². The first-order chi connectivity index (χ1) is 15.1. The molecule has 1 aromatic rings. The highest BCUT2D eigenvalue weighted by atomic mass is 16.5. The molecule has 31 heavy (non-hydrogen) atoms. The van der Waals surface area contributed by atoms with Gasteiger partial charge >= 0.3 is 5.97 Å². The van der Waals surface area contributed by atoms with Crippen molar-refractivity contribution >= 4 is 17.6 Å². The zero-order valence-corrected chi connectivity index (χ0v) is 19.2. The number of ether oxygens (including phenoxy) is 3. The molecule has 0 aliphatic carbocycles. The zero-order valence-electron chi connectivity index (χ0n) is 19.2. The van der Waals surface area contributed by atoms with Crippen LogP contribution in [0.4, 0.5) is 5.69 Å². The summed E-state index contributed by atoms with van der Waals surface area (Å²) in [4.78, 5) is 29.6. The first-order valence-electron chi connectivity index (χ1n) is 11.3. The first-order valence-corrected chi connectivity index (χ1v) is 11.3. The molecule has 0 saturated carbocycles. The number of para-hydroxylation sites is 1. The Morgan fingerprint density at radius 1 is 1.13 bits per heavy atom. The van der Waals surface area contributed by atoms with Crippen LogP contribution in [0.15, 0.2) is 18.2 Å². The number of nitrogens with one attached hydrogen (secondary N) is 1. The summed E-state index contributed by atoms with van der Waals surface area (Å²) in [6, 6.07) is 5.17. The summed E-state index contributed by atoms with van der Waals surface area (Å²) >= 11 is 0. The van der Waals surface area contributed by atoms with E-state index in [9.17, 15) is 9.59 Å². The highest BCUT2D eigenvalue weighted by Crippen LogP contribution is 2.30. The molecule has 8 nitrogen and oxygen atoms in total. The van der Waals surface area contributed by atoms with Gasteiger partial charge in [-0.3, -0.25) is 9.69 Å². The van der Waals surface area contributed by atoms with E-state index in [0.29, 0.717) is 50.0 Å². The highest BCUT2D eigenvalue weighted by molar-refractivity contribution is 5.99. The topological polar surface area (TPSA) is 80.3 Å². The van der Waals surface area contributed by atoms with Crippen molar-refractivity contribution in [3.63, 3.8) is 0 Å². The minimum absolute atomic E-state index is 0.144. The minimum atomic E-state index is -0.442. The maximum Gasteiger partial charge on any atom is 0.342 e. The lowest BCUT2D eigenvalue weighted by Crippen LogP contribution is -2.41. The van der Waals surface area contributed by atoms with E-state index in [1.165, 1.54) is 0 Å². The highest BCUT2D eigenvalue weighted by Gasteiger charge is 2.21. The third kappa shape index (κ3) is 8.47. The van der Waals surface area contributed by atoms with Gasteiger partial charge < -0.3 is 24.4 Å². The van der Waals surface area contributed by atoms with Crippen LogP contribution in [0, 0.1) is 0 Å². The van der Waals surface area contributed by atoms with Crippen LogP contribution in [0.1, 0.15) is 44.0 Å². The molecule has 0 bridgehead atoms. The molecule has 0 unspecified atom stereocenters. The van der Waals surface area contributed by atoms with Crippen molar-refractivity contribution in [1.82, 2.24) is 9.80 Å². The number of amides is 1. The molecule has 1 fully saturated rings. The van der Waals surface area contributed by atoms with Crippen molar-refractivity contribution in [2.24, 2.45) is 0 Å². The van der Waals surface area contributed by atoms with E-state index in [4.69, 9.17) is 14.2 Å². The molecular formula is C23H37N3O5. The van der Waals surface area contributed by atoms with Gasteiger partial charge in [0.1, 0.15) is 12.2 Å². The van der Waals surface area contributed by atoms with Crippen molar-refractivity contribution in [1.29, 1.82) is 0 Å². The standard InChI is InChI=1S/C23H37N3O5/c1-4-7-14-30-22-19(23(28)31-17-13-25(5-2)6-3)9-8-10-20(22)24-21(27)18-26-11-15-29-16-12-26/h8-10H,4-7,11-18H2,1-3H3,(H,24,27). The molecule has 0 aromatic heterocycles. The number of carbonyl (C=O) groups is 2. The van der Waals surface area contributed by atoms with Crippen molar-refractivity contribution in [3.8, 4) is 5.75 Å². The largest absolute Gasteiger partial charge is 0.490 e. The fraction of sp³-hybridized carbons (Fsp3) is 0.652. The van der Waals surface area contributed by atoms with Crippen LogP contribution in [-0.4, -0.2) is 87.4 Å². The molecular weight excluding hydrogens is 398 g/mol. The van der Waals surface area contributed by atoms with Gasteiger partial charge in [0.15, 0.2) is 5.75 Å². The van der Waals surface area contributed by atoms with Crippen molar-refractivity contribution in [2.75, 3.05) is 71.0 Å². The van der Waals surface area contributed by atoms with Crippen LogP contribution in [-0.2, 0) is 14.3 Å². The van der Waals surface area contributed by atoms with E-state index in [1.54, 1.807) is 18.2 Å².